The van der Waals surface area contributed by atoms with Gasteiger partial charge in [-0.3, -0.25) is 0 Å². The van der Waals surface area contributed by atoms with E-state index in [1.807, 2.05) is 6.07 Å². The van der Waals surface area contributed by atoms with Gasteiger partial charge in [-0.25, -0.2) is 13.2 Å². The van der Waals surface area contributed by atoms with Gasteiger partial charge in [-0.15, -0.1) is 0 Å². The van der Waals surface area contributed by atoms with E-state index in [1.54, 1.807) is 12.1 Å². The minimum absolute atomic E-state index is 0.0160. The highest BCUT2D eigenvalue weighted by Crippen LogP contribution is 2.36. The number of ether oxygens (including phenoxy) is 2. The van der Waals surface area contributed by atoms with Crippen LogP contribution in [-0.2, 0) is 11.3 Å². The SMILES string of the molecule is C=CCOc1ccc(C2CCC(OCc3ccc(-c4ccc(O)cc4)c(F)c3F)CC2)cc1F. The molecule has 3 aromatic rings. The molecule has 0 radical (unpaired) electrons. The molecular weight excluding hydrogens is 441 g/mol. The second-order valence-corrected chi connectivity index (χ2v) is 8.52. The van der Waals surface area contributed by atoms with Crippen LogP contribution in [0.1, 0.15) is 42.7 Å². The molecule has 34 heavy (non-hydrogen) atoms. The van der Waals surface area contributed by atoms with E-state index in [0.717, 1.165) is 31.2 Å². The summed E-state index contributed by atoms with van der Waals surface area (Å²) in [5, 5.41) is 9.39. The van der Waals surface area contributed by atoms with E-state index in [1.165, 1.54) is 42.5 Å². The Kier molecular flexibility index (Phi) is 7.58. The Morgan fingerprint density at radius 2 is 1.65 bits per heavy atom. The zero-order valence-corrected chi connectivity index (χ0v) is 18.8. The Bertz CT molecular complexity index is 1140. The molecule has 6 heteroatoms. The normalized spacial score (nSPS) is 18.0. The van der Waals surface area contributed by atoms with Crippen molar-refractivity contribution in [3.8, 4) is 22.6 Å². The molecule has 0 unspecified atom stereocenters. The Balaban J connectivity index is 1.33. The van der Waals surface area contributed by atoms with E-state index >= 15 is 0 Å². The van der Waals surface area contributed by atoms with Gasteiger partial charge in [-0.05, 0) is 67.0 Å². The first kappa shape index (κ1) is 23.9. The molecule has 3 aromatic carbocycles. The molecule has 0 spiro atoms. The first-order valence-electron chi connectivity index (χ1n) is 11.4. The molecule has 0 aliphatic heterocycles. The first-order chi connectivity index (χ1) is 16.5. The first-order valence-corrected chi connectivity index (χ1v) is 11.4. The number of phenols is 1. The monoisotopic (exact) mass is 468 g/mol. The predicted molar refractivity (Wildman–Crippen MR) is 125 cm³/mol. The van der Waals surface area contributed by atoms with Gasteiger partial charge in [0, 0.05) is 11.1 Å². The van der Waals surface area contributed by atoms with Gasteiger partial charge >= 0.3 is 0 Å². The number of phenolic OH excluding ortho intramolecular Hbond substituents is 1. The standard InChI is InChI=1S/C28H27F3O3/c1-2-15-33-26-14-8-20(16-25(26)29)18-5-11-23(12-6-18)34-17-21-7-13-24(28(31)27(21)30)19-3-9-22(32)10-4-19/h2-4,7-10,13-14,16,18,23,32H,1,5-6,11-12,15,17H2. The lowest BCUT2D eigenvalue weighted by atomic mass is 9.82. The van der Waals surface area contributed by atoms with Crippen LogP contribution in [0.4, 0.5) is 13.2 Å². The fourth-order valence-electron chi connectivity index (χ4n) is 4.37. The zero-order valence-electron chi connectivity index (χ0n) is 18.8. The van der Waals surface area contributed by atoms with Crippen LogP contribution in [0.2, 0.25) is 0 Å². The van der Waals surface area contributed by atoms with Crippen LogP contribution in [0.3, 0.4) is 0 Å². The maximum absolute atomic E-state index is 14.7. The molecule has 1 fully saturated rings. The van der Waals surface area contributed by atoms with Crippen molar-refractivity contribution in [3.05, 3.63) is 95.8 Å². The Morgan fingerprint density at radius 3 is 2.32 bits per heavy atom. The van der Waals surface area contributed by atoms with Crippen molar-refractivity contribution in [2.45, 2.75) is 44.3 Å². The number of hydrogen-bond donors (Lipinski definition) is 1. The molecule has 1 aliphatic rings. The number of benzene rings is 3. The van der Waals surface area contributed by atoms with Gasteiger partial charge in [0.25, 0.3) is 0 Å². The average molecular weight is 469 g/mol. The van der Waals surface area contributed by atoms with Crippen LogP contribution in [0.5, 0.6) is 11.5 Å². The van der Waals surface area contributed by atoms with E-state index in [4.69, 9.17) is 9.47 Å². The highest BCUT2D eigenvalue weighted by molar-refractivity contribution is 5.65. The third-order valence-corrected chi connectivity index (χ3v) is 6.27. The minimum atomic E-state index is -0.932. The lowest BCUT2D eigenvalue weighted by Gasteiger charge is -2.29. The van der Waals surface area contributed by atoms with Gasteiger partial charge < -0.3 is 14.6 Å². The topological polar surface area (TPSA) is 38.7 Å². The third-order valence-electron chi connectivity index (χ3n) is 6.27. The van der Waals surface area contributed by atoms with Crippen LogP contribution in [-0.4, -0.2) is 17.8 Å². The quantitative estimate of drug-likeness (QED) is 0.353. The summed E-state index contributed by atoms with van der Waals surface area (Å²) < 4.78 is 54.8. The summed E-state index contributed by atoms with van der Waals surface area (Å²) in [4.78, 5) is 0. The highest BCUT2D eigenvalue weighted by atomic mass is 19.2. The molecular formula is C28H27F3O3. The van der Waals surface area contributed by atoms with Crippen molar-refractivity contribution in [1.29, 1.82) is 0 Å². The summed E-state index contributed by atoms with van der Waals surface area (Å²) >= 11 is 0. The average Bonchev–Trinajstić information content (AvgIpc) is 2.85. The highest BCUT2D eigenvalue weighted by Gasteiger charge is 2.24. The van der Waals surface area contributed by atoms with E-state index in [0.29, 0.717) is 5.56 Å². The Morgan fingerprint density at radius 1 is 0.912 bits per heavy atom. The van der Waals surface area contributed by atoms with Crippen molar-refractivity contribution in [2.75, 3.05) is 6.61 Å². The molecule has 1 saturated carbocycles. The Labute approximate surface area is 197 Å². The summed E-state index contributed by atoms with van der Waals surface area (Å²) in [7, 11) is 0. The van der Waals surface area contributed by atoms with Crippen molar-refractivity contribution in [3.63, 3.8) is 0 Å². The van der Waals surface area contributed by atoms with E-state index in [2.05, 4.69) is 6.58 Å². The molecule has 0 aromatic heterocycles. The molecule has 4 rings (SSSR count). The fourth-order valence-corrected chi connectivity index (χ4v) is 4.37. The summed E-state index contributed by atoms with van der Waals surface area (Å²) in [6.45, 7) is 3.80. The van der Waals surface area contributed by atoms with E-state index < -0.39 is 11.6 Å². The maximum Gasteiger partial charge on any atom is 0.167 e. The predicted octanol–water partition coefficient (Wildman–Crippen LogP) is 7.28. The largest absolute Gasteiger partial charge is 0.508 e. The molecule has 0 saturated heterocycles. The smallest absolute Gasteiger partial charge is 0.167 e. The van der Waals surface area contributed by atoms with Gasteiger partial charge in [-0.2, -0.15) is 0 Å². The lowest BCUT2D eigenvalue weighted by molar-refractivity contribution is 0.0119. The zero-order chi connectivity index (χ0) is 24.1. The summed E-state index contributed by atoms with van der Waals surface area (Å²) in [5.41, 5.74) is 1.71. The molecule has 0 amide bonds. The lowest BCUT2D eigenvalue weighted by Crippen LogP contribution is -2.21. The van der Waals surface area contributed by atoms with E-state index in [-0.39, 0.29) is 53.7 Å². The second-order valence-electron chi connectivity index (χ2n) is 8.52. The van der Waals surface area contributed by atoms with Crippen LogP contribution in [0, 0.1) is 17.5 Å². The summed E-state index contributed by atoms with van der Waals surface area (Å²) in [5.74, 6) is -1.74. The minimum Gasteiger partial charge on any atom is -0.508 e. The molecule has 1 N–H and O–H groups in total. The van der Waals surface area contributed by atoms with Gasteiger partial charge in [0.15, 0.2) is 23.2 Å². The van der Waals surface area contributed by atoms with Crippen LogP contribution < -0.4 is 4.74 Å². The van der Waals surface area contributed by atoms with Gasteiger partial charge in [0.1, 0.15) is 12.4 Å². The van der Waals surface area contributed by atoms with E-state index in [9.17, 15) is 18.3 Å². The second kappa shape index (κ2) is 10.8. The van der Waals surface area contributed by atoms with Crippen LogP contribution in [0.15, 0.2) is 67.3 Å². The molecule has 0 heterocycles. The number of rotatable bonds is 8. The van der Waals surface area contributed by atoms with Crippen molar-refractivity contribution in [2.24, 2.45) is 0 Å². The van der Waals surface area contributed by atoms with Crippen molar-refractivity contribution >= 4 is 0 Å². The van der Waals surface area contributed by atoms with Gasteiger partial charge in [0.05, 0.1) is 12.7 Å². The Hall–Kier alpha value is -3.25. The van der Waals surface area contributed by atoms with Crippen molar-refractivity contribution < 1.29 is 27.8 Å². The number of hydrogen-bond acceptors (Lipinski definition) is 3. The van der Waals surface area contributed by atoms with Crippen LogP contribution >= 0.6 is 0 Å². The molecule has 3 nitrogen and oxygen atoms in total. The fraction of sp³-hybridized carbons (Fsp3) is 0.286. The molecule has 0 atom stereocenters. The third kappa shape index (κ3) is 5.45. The molecule has 178 valence electrons. The molecule has 0 bridgehead atoms. The summed E-state index contributed by atoms with van der Waals surface area (Å²) in [6.07, 6.45) is 4.68. The van der Waals surface area contributed by atoms with Gasteiger partial charge in [-0.1, -0.05) is 43.0 Å². The maximum atomic E-state index is 14.7. The van der Waals surface area contributed by atoms with Crippen molar-refractivity contribution in [1.82, 2.24) is 0 Å². The number of aromatic hydroxyl groups is 1. The molecule has 1 aliphatic carbocycles. The van der Waals surface area contributed by atoms with Crippen LogP contribution in [0.25, 0.3) is 11.1 Å². The van der Waals surface area contributed by atoms with Gasteiger partial charge in [0.2, 0.25) is 0 Å². The summed E-state index contributed by atoms with van der Waals surface area (Å²) in [6, 6.07) is 14.1. The number of halogens is 3.